The van der Waals surface area contributed by atoms with E-state index in [1.807, 2.05) is 0 Å². The van der Waals surface area contributed by atoms with Crippen molar-refractivity contribution < 1.29 is 4.79 Å². The quantitative estimate of drug-likeness (QED) is 0.791. The predicted octanol–water partition coefficient (Wildman–Crippen LogP) is 2.77. The van der Waals surface area contributed by atoms with E-state index < -0.39 is 0 Å². The molecule has 7 heteroatoms. The Labute approximate surface area is 130 Å². The molecule has 1 aromatic heterocycles. The summed E-state index contributed by atoms with van der Waals surface area (Å²) in [4.78, 5) is 12.0. The van der Waals surface area contributed by atoms with Crippen LogP contribution >= 0.6 is 23.7 Å². The lowest BCUT2D eigenvalue weighted by Gasteiger charge is -2.21. The van der Waals surface area contributed by atoms with E-state index >= 15 is 0 Å². The second-order valence-electron chi connectivity index (χ2n) is 4.95. The number of hydrogen-bond donors (Lipinski definition) is 2. The van der Waals surface area contributed by atoms with Crippen LogP contribution in [0.2, 0.25) is 0 Å². The fourth-order valence-electron chi connectivity index (χ4n) is 2.20. The second kappa shape index (κ2) is 9.26. The fourth-order valence-corrected chi connectivity index (χ4v) is 2.98. The third-order valence-electron chi connectivity index (χ3n) is 3.32. The number of carbonyl (C=O) groups is 1. The maximum absolute atomic E-state index is 12.0. The van der Waals surface area contributed by atoms with E-state index in [-0.39, 0.29) is 24.4 Å². The molecular weight excluding hydrogens is 296 g/mol. The minimum absolute atomic E-state index is 0. The van der Waals surface area contributed by atoms with Gasteiger partial charge in [0.05, 0.1) is 6.04 Å². The number of unbranched alkanes of at least 4 members (excludes halogenated alkanes) is 2. The van der Waals surface area contributed by atoms with Crippen LogP contribution in [-0.2, 0) is 11.2 Å². The molecular formula is C13H23ClN4OS. The fraction of sp³-hybridized carbons (Fsp3) is 0.769. The van der Waals surface area contributed by atoms with Gasteiger partial charge in [-0.25, -0.2) is 0 Å². The summed E-state index contributed by atoms with van der Waals surface area (Å²) in [6, 6.07) is -0.0683. The zero-order valence-electron chi connectivity index (χ0n) is 11.9. The first-order chi connectivity index (χ1) is 9.29. The van der Waals surface area contributed by atoms with Gasteiger partial charge in [-0.1, -0.05) is 37.5 Å². The van der Waals surface area contributed by atoms with Gasteiger partial charge >= 0.3 is 0 Å². The van der Waals surface area contributed by atoms with Crippen LogP contribution in [0, 0.1) is 0 Å². The van der Waals surface area contributed by atoms with Gasteiger partial charge in [0, 0.05) is 6.42 Å². The summed E-state index contributed by atoms with van der Waals surface area (Å²) >= 11 is 1.49. The highest BCUT2D eigenvalue weighted by Crippen LogP contribution is 2.18. The van der Waals surface area contributed by atoms with Gasteiger partial charge in [-0.3, -0.25) is 10.1 Å². The molecule has 1 aromatic rings. The van der Waals surface area contributed by atoms with Crippen molar-refractivity contribution in [2.45, 2.75) is 57.9 Å². The van der Waals surface area contributed by atoms with Gasteiger partial charge in [0.2, 0.25) is 11.0 Å². The Morgan fingerprint density at radius 1 is 1.40 bits per heavy atom. The number of rotatable bonds is 6. The molecule has 0 bridgehead atoms. The molecule has 2 heterocycles. The number of aromatic nitrogens is 2. The Bertz CT molecular complexity index is 407. The first-order valence-corrected chi connectivity index (χ1v) is 7.98. The number of aryl methyl sites for hydroxylation is 1. The van der Waals surface area contributed by atoms with Crippen LogP contribution < -0.4 is 10.6 Å². The van der Waals surface area contributed by atoms with Crippen molar-refractivity contribution in [3.63, 3.8) is 0 Å². The summed E-state index contributed by atoms with van der Waals surface area (Å²) < 4.78 is 0. The highest BCUT2D eigenvalue weighted by Gasteiger charge is 2.21. The van der Waals surface area contributed by atoms with Crippen LogP contribution in [-0.4, -0.2) is 28.7 Å². The molecule has 0 spiro atoms. The number of nitrogens with zero attached hydrogens (tertiary/aromatic N) is 2. The van der Waals surface area contributed by atoms with Crippen molar-refractivity contribution >= 4 is 34.8 Å². The van der Waals surface area contributed by atoms with Gasteiger partial charge in [-0.2, -0.15) is 0 Å². The number of halogens is 1. The Hall–Kier alpha value is -0.720. The van der Waals surface area contributed by atoms with Crippen molar-refractivity contribution in [3.05, 3.63) is 5.01 Å². The normalized spacial score (nSPS) is 18.4. The maximum Gasteiger partial charge on any atom is 0.243 e. The molecule has 1 saturated heterocycles. The molecule has 1 fully saturated rings. The molecule has 20 heavy (non-hydrogen) atoms. The molecule has 1 aliphatic rings. The summed E-state index contributed by atoms with van der Waals surface area (Å²) in [6.45, 7) is 3.11. The molecule has 0 radical (unpaired) electrons. The van der Waals surface area contributed by atoms with Crippen molar-refractivity contribution in [2.75, 3.05) is 11.9 Å². The van der Waals surface area contributed by atoms with E-state index in [1.165, 1.54) is 24.2 Å². The zero-order chi connectivity index (χ0) is 13.5. The monoisotopic (exact) mass is 318 g/mol. The number of piperidine rings is 1. The smallest absolute Gasteiger partial charge is 0.243 e. The van der Waals surface area contributed by atoms with E-state index in [0.29, 0.717) is 5.13 Å². The standard InChI is InChI=1S/C13H22N4OS.ClH/c1-2-3-4-8-11-16-17-13(19-11)15-12(18)10-7-5-6-9-14-10;/h10,14H,2-9H2,1H3,(H,15,17,18);1H. The Morgan fingerprint density at radius 3 is 2.95 bits per heavy atom. The molecule has 1 amide bonds. The van der Waals surface area contributed by atoms with Crippen molar-refractivity contribution in [3.8, 4) is 0 Å². The molecule has 0 aromatic carbocycles. The van der Waals surface area contributed by atoms with Crippen molar-refractivity contribution in [1.29, 1.82) is 0 Å². The van der Waals surface area contributed by atoms with Crippen LogP contribution in [0.3, 0.4) is 0 Å². The van der Waals surface area contributed by atoms with E-state index in [4.69, 9.17) is 0 Å². The van der Waals surface area contributed by atoms with Gasteiger partial charge in [-0.05, 0) is 25.8 Å². The lowest BCUT2D eigenvalue weighted by Crippen LogP contribution is -2.43. The number of amides is 1. The first-order valence-electron chi connectivity index (χ1n) is 7.16. The van der Waals surface area contributed by atoms with Crippen LogP contribution in [0.25, 0.3) is 0 Å². The Morgan fingerprint density at radius 2 is 2.25 bits per heavy atom. The van der Waals surface area contributed by atoms with Crippen molar-refractivity contribution in [1.82, 2.24) is 15.5 Å². The van der Waals surface area contributed by atoms with Crippen LogP contribution in [0.5, 0.6) is 0 Å². The average molecular weight is 319 g/mol. The molecule has 2 rings (SSSR count). The topological polar surface area (TPSA) is 66.9 Å². The number of nitrogens with one attached hydrogen (secondary N) is 2. The zero-order valence-corrected chi connectivity index (χ0v) is 13.5. The summed E-state index contributed by atoms with van der Waals surface area (Å²) in [5, 5.41) is 15.9. The van der Waals surface area contributed by atoms with E-state index in [9.17, 15) is 4.79 Å². The molecule has 0 aliphatic carbocycles. The number of hydrogen-bond acceptors (Lipinski definition) is 5. The number of anilines is 1. The lowest BCUT2D eigenvalue weighted by molar-refractivity contribution is -0.118. The summed E-state index contributed by atoms with van der Waals surface area (Å²) in [5.41, 5.74) is 0. The molecule has 114 valence electrons. The second-order valence-corrected chi connectivity index (χ2v) is 6.01. The third-order valence-corrected chi connectivity index (χ3v) is 4.22. The molecule has 1 unspecified atom stereocenters. The lowest BCUT2D eigenvalue weighted by atomic mass is 10.0. The largest absolute Gasteiger partial charge is 0.306 e. The molecule has 5 nitrogen and oxygen atoms in total. The molecule has 1 atom stereocenters. The predicted molar refractivity (Wildman–Crippen MR) is 84.7 cm³/mol. The average Bonchev–Trinajstić information content (AvgIpc) is 2.88. The minimum atomic E-state index is -0.0683. The van der Waals surface area contributed by atoms with Crippen LogP contribution in [0.1, 0.15) is 50.5 Å². The van der Waals surface area contributed by atoms with E-state index in [1.54, 1.807) is 0 Å². The minimum Gasteiger partial charge on any atom is -0.306 e. The van der Waals surface area contributed by atoms with Gasteiger partial charge in [0.25, 0.3) is 0 Å². The summed E-state index contributed by atoms with van der Waals surface area (Å²) in [7, 11) is 0. The Kier molecular flexibility index (Phi) is 8.02. The van der Waals surface area contributed by atoms with Gasteiger partial charge in [0.1, 0.15) is 5.01 Å². The van der Waals surface area contributed by atoms with E-state index in [0.717, 1.165) is 43.7 Å². The van der Waals surface area contributed by atoms with Gasteiger partial charge < -0.3 is 5.32 Å². The van der Waals surface area contributed by atoms with Gasteiger partial charge in [-0.15, -0.1) is 22.6 Å². The van der Waals surface area contributed by atoms with E-state index in [2.05, 4.69) is 27.8 Å². The molecule has 2 N–H and O–H groups in total. The van der Waals surface area contributed by atoms with Crippen molar-refractivity contribution in [2.24, 2.45) is 0 Å². The Balaban J connectivity index is 0.00000200. The highest BCUT2D eigenvalue weighted by molar-refractivity contribution is 7.15. The van der Waals surface area contributed by atoms with Crippen LogP contribution in [0.4, 0.5) is 5.13 Å². The molecule has 1 aliphatic heterocycles. The van der Waals surface area contributed by atoms with Gasteiger partial charge in [0.15, 0.2) is 0 Å². The third kappa shape index (κ3) is 5.34. The maximum atomic E-state index is 12.0. The van der Waals surface area contributed by atoms with Crippen LogP contribution in [0.15, 0.2) is 0 Å². The summed E-state index contributed by atoms with van der Waals surface area (Å²) in [5.74, 6) is 0.0240. The summed E-state index contributed by atoms with van der Waals surface area (Å²) in [6.07, 6.45) is 7.71. The first kappa shape index (κ1) is 17.3. The molecule has 0 saturated carbocycles. The number of carbonyl (C=O) groups excluding carboxylic acids is 1. The SMILES string of the molecule is CCCCCc1nnc(NC(=O)C2CCCCN2)s1.Cl. The highest BCUT2D eigenvalue weighted by atomic mass is 35.5.